The zero-order valence-corrected chi connectivity index (χ0v) is 12.3. The highest BCUT2D eigenvalue weighted by molar-refractivity contribution is 9.10. The van der Waals surface area contributed by atoms with Crippen molar-refractivity contribution in [3.63, 3.8) is 0 Å². The van der Waals surface area contributed by atoms with E-state index in [-0.39, 0.29) is 0 Å². The van der Waals surface area contributed by atoms with Gasteiger partial charge in [-0.3, -0.25) is 4.98 Å². The number of thiazole rings is 1. The minimum Gasteiger partial charge on any atom is -0.398 e. The van der Waals surface area contributed by atoms with Crippen LogP contribution < -0.4 is 5.73 Å². The summed E-state index contributed by atoms with van der Waals surface area (Å²) >= 11 is 5.01. The summed E-state index contributed by atoms with van der Waals surface area (Å²) in [4.78, 5) is 8.65. The fraction of sp³-hybridized carbons (Fsp3) is 0. The summed E-state index contributed by atoms with van der Waals surface area (Å²) in [6.07, 6.45) is 3.54. The smallest absolute Gasteiger partial charge is 0.124 e. The Morgan fingerprint density at radius 1 is 1.05 bits per heavy atom. The first kappa shape index (κ1) is 12.3. The lowest BCUT2D eigenvalue weighted by Gasteiger charge is -2.01. The molecule has 0 unspecified atom stereocenters. The molecule has 0 saturated carbocycles. The summed E-state index contributed by atoms with van der Waals surface area (Å²) in [5.74, 6) is 0. The Hall–Kier alpha value is -1.72. The van der Waals surface area contributed by atoms with Crippen LogP contribution in [0, 0.1) is 0 Å². The number of benzene rings is 1. The molecule has 5 heteroatoms. The van der Waals surface area contributed by atoms with Gasteiger partial charge in [0.1, 0.15) is 5.01 Å². The zero-order valence-electron chi connectivity index (χ0n) is 9.88. The zero-order chi connectivity index (χ0) is 13.2. The van der Waals surface area contributed by atoms with Crippen LogP contribution in [0.1, 0.15) is 0 Å². The van der Waals surface area contributed by atoms with Crippen molar-refractivity contribution in [3.05, 3.63) is 52.6 Å². The number of rotatable bonds is 2. The van der Waals surface area contributed by atoms with Gasteiger partial charge in [0.25, 0.3) is 0 Å². The van der Waals surface area contributed by atoms with Crippen molar-refractivity contribution >= 4 is 33.0 Å². The summed E-state index contributed by atoms with van der Waals surface area (Å²) in [5, 5.41) is 3.03. The van der Waals surface area contributed by atoms with Crippen molar-refractivity contribution < 1.29 is 0 Å². The molecule has 0 spiro atoms. The number of anilines is 1. The van der Waals surface area contributed by atoms with Gasteiger partial charge in [-0.15, -0.1) is 11.3 Å². The molecule has 0 radical (unpaired) electrons. The largest absolute Gasteiger partial charge is 0.398 e. The first-order valence-electron chi connectivity index (χ1n) is 5.65. The molecular weight excluding hydrogens is 322 g/mol. The topological polar surface area (TPSA) is 51.8 Å². The summed E-state index contributed by atoms with van der Waals surface area (Å²) in [6.45, 7) is 0. The highest BCUT2D eigenvalue weighted by Crippen LogP contribution is 2.31. The fourth-order valence-electron chi connectivity index (χ4n) is 1.74. The first-order valence-corrected chi connectivity index (χ1v) is 7.32. The van der Waals surface area contributed by atoms with Crippen molar-refractivity contribution in [1.29, 1.82) is 0 Å². The first-order chi connectivity index (χ1) is 9.24. The quantitative estimate of drug-likeness (QED) is 0.715. The van der Waals surface area contributed by atoms with Gasteiger partial charge in [0.2, 0.25) is 0 Å². The molecule has 3 nitrogen and oxygen atoms in total. The van der Waals surface area contributed by atoms with E-state index in [1.165, 1.54) is 0 Å². The molecule has 0 fully saturated rings. The third-order valence-corrected chi connectivity index (χ3v) is 4.34. The van der Waals surface area contributed by atoms with Crippen LogP contribution in [0.25, 0.3) is 21.8 Å². The van der Waals surface area contributed by atoms with E-state index in [1.54, 1.807) is 23.7 Å². The van der Waals surface area contributed by atoms with Crippen molar-refractivity contribution in [2.75, 3.05) is 5.73 Å². The highest BCUT2D eigenvalue weighted by Gasteiger charge is 2.07. The van der Waals surface area contributed by atoms with Gasteiger partial charge in [-0.2, -0.15) is 0 Å². The maximum Gasteiger partial charge on any atom is 0.124 e. The predicted octanol–water partition coefficient (Wildman–Crippen LogP) is 4.22. The average molecular weight is 332 g/mol. The number of nitrogen functional groups attached to an aromatic ring is 1. The molecule has 0 bridgehead atoms. The lowest BCUT2D eigenvalue weighted by molar-refractivity contribution is 1.32. The highest BCUT2D eigenvalue weighted by atomic mass is 79.9. The molecule has 2 N–H and O–H groups in total. The Bertz CT molecular complexity index is 710. The molecule has 94 valence electrons. The molecule has 3 aromatic rings. The molecular formula is C14H10BrN3S. The van der Waals surface area contributed by atoms with Crippen LogP contribution >= 0.6 is 27.3 Å². The number of nitrogens with zero attached hydrogens (tertiary/aromatic N) is 2. The van der Waals surface area contributed by atoms with E-state index >= 15 is 0 Å². The van der Waals surface area contributed by atoms with E-state index in [4.69, 9.17) is 5.73 Å². The molecule has 0 atom stereocenters. The van der Waals surface area contributed by atoms with E-state index in [2.05, 4.69) is 25.9 Å². The van der Waals surface area contributed by atoms with Crippen LogP contribution in [0.4, 0.5) is 5.69 Å². The fourth-order valence-corrected chi connectivity index (χ4v) is 2.82. The molecule has 0 saturated heterocycles. The lowest BCUT2D eigenvalue weighted by atomic mass is 10.1. The normalized spacial score (nSPS) is 10.6. The Morgan fingerprint density at radius 2 is 1.84 bits per heavy atom. The van der Waals surface area contributed by atoms with E-state index < -0.39 is 0 Å². The monoisotopic (exact) mass is 331 g/mol. The van der Waals surface area contributed by atoms with E-state index in [9.17, 15) is 0 Å². The van der Waals surface area contributed by atoms with Gasteiger partial charge in [0.05, 0.1) is 5.69 Å². The lowest BCUT2D eigenvalue weighted by Crippen LogP contribution is -1.87. The summed E-state index contributed by atoms with van der Waals surface area (Å²) in [5.41, 5.74) is 9.66. The number of aromatic nitrogens is 2. The maximum atomic E-state index is 5.90. The minimum atomic E-state index is 0.718. The summed E-state index contributed by atoms with van der Waals surface area (Å²) in [7, 11) is 0. The second-order valence-electron chi connectivity index (χ2n) is 4.01. The van der Waals surface area contributed by atoms with Gasteiger partial charge in [-0.05, 0) is 40.2 Å². The van der Waals surface area contributed by atoms with E-state index in [0.29, 0.717) is 0 Å². The van der Waals surface area contributed by atoms with Crippen molar-refractivity contribution in [2.24, 2.45) is 0 Å². The number of hydrogen-bond acceptors (Lipinski definition) is 4. The molecule has 0 aliphatic heterocycles. The number of nitrogens with two attached hydrogens (primary N) is 1. The van der Waals surface area contributed by atoms with Crippen LogP contribution in [0.3, 0.4) is 0 Å². The molecule has 0 amide bonds. The van der Waals surface area contributed by atoms with E-state index in [0.717, 1.165) is 32.0 Å². The predicted molar refractivity (Wildman–Crippen MR) is 82.9 cm³/mol. The second-order valence-corrected chi connectivity index (χ2v) is 5.72. The SMILES string of the molecule is Nc1cc(-c2csc(-c3ccncc3)n2)ccc1Br. The second kappa shape index (κ2) is 5.11. The van der Waals surface area contributed by atoms with Crippen molar-refractivity contribution in [2.45, 2.75) is 0 Å². The molecule has 3 rings (SSSR count). The van der Waals surface area contributed by atoms with Gasteiger partial charge in [-0.1, -0.05) is 6.07 Å². The van der Waals surface area contributed by atoms with Crippen molar-refractivity contribution in [1.82, 2.24) is 9.97 Å². The Labute approximate surface area is 123 Å². The number of halogens is 1. The maximum absolute atomic E-state index is 5.90. The van der Waals surface area contributed by atoms with Gasteiger partial charge >= 0.3 is 0 Å². The van der Waals surface area contributed by atoms with Crippen LogP contribution in [0.5, 0.6) is 0 Å². The van der Waals surface area contributed by atoms with E-state index in [1.807, 2.05) is 35.7 Å². The summed E-state index contributed by atoms with van der Waals surface area (Å²) in [6, 6.07) is 9.79. The summed E-state index contributed by atoms with van der Waals surface area (Å²) < 4.78 is 0.904. The van der Waals surface area contributed by atoms with Gasteiger partial charge in [0.15, 0.2) is 0 Å². The average Bonchev–Trinajstić information content (AvgIpc) is 2.93. The van der Waals surface area contributed by atoms with Gasteiger partial charge < -0.3 is 5.73 Å². The van der Waals surface area contributed by atoms with Gasteiger partial charge in [-0.25, -0.2) is 4.98 Å². The van der Waals surface area contributed by atoms with Crippen LogP contribution in [0.2, 0.25) is 0 Å². The van der Waals surface area contributed by atoms with Crippen LogP contribution in [0.15, 0.2) is 52.6 Å². The van der Waals surface area contributed by atoms with Crippen molar-refractivity contribution in [3.8, 4) is 21.8 Å². The Balaban J connectivity index is 1.99. The standard InChI is InChI=1S/C14H10BrN3S/c15-11-2-1-10(7-12(11)16)13-8-19-14(18-13)9-3-5-17-6-4-9/h1-8H,16H2. The third kappa shape index (κ3) is 2.52. The number of pyridine rings is 1. The van der Waals surface area contributed by atoms with Crippen LogP contribution in [-0.2, 0) is 0 Å². The minimum absolute atomic E-state index is 0.718. The van der Waals surface area contributed by atoms with Gasteiger partial charge in [0, 0.05) is 39.1 Å². The molecule has 2 heterocycles. The molecule has 1 aromatic carbocycles. The molecule has 0 aliphatic carbocycles. The molecule has 0 aliphatic rings. The molecule has 2 aromatic heterocycles. The third-order valence-electron chi connectivity index (χ3n) is 2.72. The number of hydrogen-bond donors (Lipinski definition) is 1. The Morgan fingerprint density at radius 3 is 2.58 bits per heavy atom. The Kier molecular flexibility index (Phi) is 3.31. The molecule has 19 heavy (non-hydrogen) atoms. The van der Waals surface area contributed by atoms with Crippen LogP contribution in [-0.4, -0.2) is 9.97 Å².